The molecular weight excluding hydrogens is 356 g/mol. The van der Waals surface area contributed by atoms with Crippen LogP contribution in [-0.4, -0.2) is 47.1 Å². The van der Waals surface area contributed by atoms with Gasteiger partial charge in [-0.05, 0) is 48.5 Å². The van der Waals surface area contributed by atoms with Gasteiger partial charge in [-0.3, -0.25) is 9.52 Å². The second-order valence-corrected chi connectivity index (χ2v) is 7.64. The van der Waals surface area contributed by atoms with E-state index in [9.17, 15) is 18.0 Å². The van der Waals surface area contributed by atoms with Crippen LogP contribution >= 0.6 is 0 Å². The van der Waals surface area contributed by atoms with E-state index in [0.29, 0.717) is 16.8 Å². The molecule has 138 valence electrons. The molecule has 0 aliphatic heterocycles. The highest BCUT2D eigenvalue weighted by Gasteiger charge is 2.12. The zero-order valence-electron chi connectivity index (χ0n) is 14.7. The number of rotatable bonds is 7. The van der Waals surface area contributed by atoms with Gasteiger partial charge in [-0.25, -0.2) is 13.2 Å². The number of esters is 1. The Kier molecular flexibility index (Phi) is 5.99. The number of ketones is 1. The number of nitrogens with one attached hydrogen (secondary N) is 1. The number of anilines is 2. The zero-order chi connectivity index (χ0) is 19.3. The largest absolute Gasteiger partial charge is 0.454 e. The molecule has 2 aromatic carbocycles. The average molecular weight is 376 g/mol. The first kappa shape index (κ1) is 19.5. The molecule has 0 spiro atoms. The molecule has 0 saturated heterocycles. The Morgan fingerprint density at radius 1 is 0.962 bits per heavy atom. The first-order valence-electron chi connectivity index (χ1n) is 7.71. The van der Waals surface area contributed by atoms with Crippen LogP contribution in [0.1, 0.15) is 20.7 Å². The van der Waals surface area contributed by atoms with Crippen LogP contribution in [-0.2, 0) is 14.8 Å². The maximum absolute atomic E-state index is 12.1. The fraction of sp³-hybridized carbons (Fsp3) is 0.222. The van der Waals surface area contributed by atoms with Gasteiger partial charge in [-0.15, -0.1) is 0 Å². The number of Topliss-reactive ketones (excluding diaryl/α,β-unsaturated/α-hetero) is 1. The topological polar surface area (TPSA) is 92.8 Å². The number of hydrogen-bond acceptors (Lipinski definition) is 6. The fourth-order valence-corrected chi connectivity index (χ4v) is 2.70. The third kappa shape index (κ3) is 5.59. The van der Waals surface area contributed by atoms with Crippen molar-refractivity contribution < 1.29 is 22.7 Å². The smallest absolute Gasteiger partial charge is 0.338 e. The predicted octanol–water partition coefficient (Wildman–Crippen LogP) is 2.16. The molecule has 2 aromatic rings. The van der Waals surface area contributed by atoms with Crippen molar-refractivity contribution in [3.8, 4) is 0 Å². The standard InChI is InChI=1S/C18H20N2O5S/c1-20(2)16-10-6-14(7-11-16)18(22)25-12-17(21)13-4-8-15(9-5-13)19-26(3,23)24/h4-11,19H,12H2,1-3H3. The van der Waals surface area contributed by atoms with Gasteiger partial charge in [0.1, 0.15) is 0 Å². The molecule has 0 saturated carbocycles. The lowest BCUT2D eigenvalue weighted by atomic mass is 10.1. The molecular formula is C18H20N2O5S. The summed E-state index contributed by atoms with van der Waals surface area (Å²) >= 11 is 0. The lowest BCUT2D eigenvalue weighted by molar-refractivity contribution is 0.0475. The molecule has 0 aromatic heterocycles. The van der Waals surface area contributed by atoms with Crippen LogP contribution < -0.4 is 9.62 Å². The SMILES string of the molecule is CN(C)c1ccc(C(=O)OCC(=O)c2ccc(NS(C)(=O)=O)cc2)cc1. The van der Waals surface area contributed by atoms with Gasteiger partial charge in [0.15, 0.2) is 12.4 Å². The summed E-state index contributed by atoms with van der Waals surface area (Å²) in [7, 11) is 0.405. The van der Waals surface area contributed by atoms with E-state index in [0.717, 1.165) is 11.9 Å². The summed E-state index contributed by atoms with van der Waals surface area (Å²) in [5.74, 6) is -0.965. The van der Waals surface area contributed by atoms with Crippen molar-refractivity contribution in [3.63, 3.8) is 0 Å². The molecule has 0 heterocycles. The zero-order valence-corrected chi connectivity index (χ0v) is 15.5. The van der Waals surface area contributed by atoms with Crippen molar-refractivity contribution in [2.75, 3.05) is 36.6 Å². The van der Waals surface area contributed by atoms with Crippen LogP contribution in [0.4, 0.5) is 11.4 Å². The normalized spacial score (nSPS) is 10.9. The summed E-state index contributed by atoms with van der Waals surface area (Å²) in [6, 6.07) is 12.7. The lowest BCUT2D eigenvalue weighted by Crippen LogP contribution is -2.15. The Morgan fingerprint density at radius 3 is 2.00 bits per heavy atom. The monoisotopic (exact) mass is 376 g/mol. The number of sulfonamides is 1. The van der Waals surface area contributed by atoms with Gasteiger partial charge in [-0.2, -0.15) is 0 Å². The number of ether oxygens (including phenoxy) is 1. The predicted molar refractivity (Wildman–Crippen MR) is 100 cm³/mol. The van der Waals surface area contributed by atoms with Gasteiger partial charge in [0.25, 0.3) is 0 Å². The highest BCUT2D eigenvalue weighted by atomic mass is 32.2. The van der Waals surface area contributed by atoms with E-state index < -0.39 is 22.6 Å². The highest BCUT2D eigenvalue weighted by molar-refractivity contribution is 7.92. The summed E-state index contributed by atoms with van der Waals surface area (Å²) < 4.78 is 29.6. The molecule has 0 atom stereocenters. The number of carbonyl (C=O) groups is 2. The summed E-state index contributed by atoms with van der Waals surface area (Å²) in [6.45, 7) is -0.396. The molecule has 0 aliphatic carbocycles. The van der Waals surface area contributed by atoms with Crippen LogP contribution in [0, 0.1) is 0 Å². The highest BCUT2D eigenvalue weighted by Crippen LogP contribution is 2.14. The van der Waals surface area contributed by atoms with Crippen molar-refractivity contribution in [2.24, 2.45) is 0 Å². The van der Waals surface area contributed by atoms with E-state index in [2.05, 4.69) is 4.72 Å². The Morgan fingerprint density at radius 2 is 1.50 bits per heavy atom. The minimum absolute atomic E-state index is 0.319. The van der Waals surface area contributed by atoms with E-state index in [1.807, 2.05) is 19.0 Å². The maximum Gasteiger partial charge on any atom is 0.338 e. The van der Waals surface area contributed by atoms with Gasteiger partial charge < -0.3 is 9.64 Å². The number of benzene rings is 2. The van der Waals surface area contributed by atoms with Crippen LogP contribution in [0.15, 0.2) is 48.5 Å². The van der Waals surface area contributed by atoms with Gasteiger partial charge in [0.2, 0.25) is 10.0 Å². The Balaban J connectivity index is 1.94. The summed E-state index contributed by atoms with van der Waals surface area (Å²) in [4.78, 5) is 26.0. The van der Waals surface area contributed by atoms with E-state index in [-0.39, 0.29) is 5.78 Å². The molecule has 0 bridgehead atoms. The second-order valence-electron chi connectivity index (χ2n) is 5.89. The molecule has 0 amide bonds. The maximum atomic E-state index is 12.1. The molecule has 2 rings (SSSR count). The van der Waals surface area contributed by atoms with Gasteiger partial charge >= 0.3 is 5.97 Å². The van der Waals surface area contributed by atoms with Gasteiger partial charge in [0.05, 0.1) is 11.8 Å². The molecule has 0 fully saturated rings. The quantitative estimate of drug-likeness (QED) is 0.588. The summed E-state index contributed by atoms with van der Waals surface area (Å²) in [5.41, 5.74) is 1.97. The molecule has 26 heavy (non-hydrogen) atoms. The molecule has 7 nitrogen and oxygen atoms in total. The van der Waals surface area contributed by atoms with E-state index in [1.165, 1.54) is 24.3 Å². The van der Waals surface area contributed by atoms with E-state index in [1.54, 1.807) is 24.3 Å². The first-order chi connectivity index (χ1) is 12.2. The number of hydrogen-bond donors (Lipinski definition) is 1. The third-order valence-corrected chi connectivity index (χ3v) is 4.07. The fourth-order valence-electron chi connectivity index (χ4n) is 2.13. The number of nitrogens with zero attached hydrogens (tertiary/aromatic N) is 1. The van der Waals surface area contributed by atoms with Crippen molar-refractivity contribution in [1.82, 2.24) is 0 Å². The Labute approximate surface area is 152 Å². The molecule has 8 heteroatoms. The summed E-state index contributed by atoms with van der Waals surface area (Å²) in [5, 5.41) is 0. The molecule has 0 aliphatic rings. The Hall–Kier alpha value is -2.87. The van der Waals surface area contributed by atoms with Crippen molar-refractivity contribution >= 4 is 33.2 Å². The van der Waals surface area contributed by atoms with Crippen LogP contribution in [0.5, 0.6) is 0 Å². The van der Waals surface area contributed by atoms with Crippen molar-refractivity contribution in [2.45, 2.75) is 0 Å². The average Bonchev–Trinajstić information content (AvgIpc) is 2.58. The van der Waals surface area contributed by atoms with E-state index >= 15 is 0 Å². The Bertz CT molecular complexity index is 888. The van der Waals surface area contributed by atoms with Crippen LogP contribution in [0.2, 0.25) is 0 Å². The third-order valence-electron chi connectivity index (χ3n) is 3.46. The molecule has 0 unspecified atom stereocenters. The van der Waals surface area contributed by atoms with Crippen molar-refractivity contribution in [1.29, 1.82) is 0 Å². The lowest BCUT2D eigenvalue weighted by Gasteiger charge is -2.12. The van der Waals surface area contributed by atoms with E-state index in [4.69, 9.17) is 4.74 Å². The first-order valence-corrected chi connectivity index (χ1v) is 9.60. The van der Waals surface area contributed by atoms with Crippen molar-refractivity contribution in [3.05, 3.63) is 59.7 Å². The second kappa shape index (κ2) is 8.01. The minimum Gasteiger partial charge on any atom is -0.454 e. The van der Waals surface area contributed by atoms with Gasteiger partial charge in [-0.1, -0.05) is 0 Å². The van der Waals surface area contributed by atoms with Crippen LogP contribution in [0.3, 0.4) is 0 Å². The number of carbonyl (C=O) groups excluding carboxylic acids is 2. The molecule has 1 N–H and O–H groups in total. The molecule has 0 radical (unpaired) electrons. The van der Waals surface area contributed by atoms with Gasteiger partial charge in [0, 0.05) is 31.0 Å². The summed E-state index contributed by atoms with van der Waals surface area (Å²) in [6.07, 6.45) is 1.04. The minimum atomic E-state index is -3.38. The van der Waals surface area contributed by atoms with Crippen LogP contribution in [0.25, 0.3) is 0 Å².